The molecule has 5 nitrogen and oxygen atoms in total. The summed E-state index contributed by atoms with van der Waals surface area (Å²) in [7, 11) is 1.55. The predicted octanol–water partition coefficient (Wildman–Crippen LogP) is 2.09. The van der Waals surface area contributed by atoms with Crippen molar-refractivity contribution in [1.82, 2.24) is 4.90 Å². The maximum absolute atomic E-state index is 11.7. The van der Waals surface area contributed by atoms with E-state index in [1.165, 1.54) is 4.90 Å². The van der Waals surface area contributed by atoms with Crippen LogP contribution in [0, 0.1) is 0 Å². The van der Waals surface area contributed by atoms with Crippen molar-refractivity contribution in [2.45, 2.75) is 12.1 Å². The quantitative estimate of drug-likeness (QED) is 0.889. The maximum atomic E-state index is 11.7. The minimum atomic E-state index is -1.12. The number of aliphatic carboxylic acids is 1. The van der Waals surface area contributed by atoms with E-state index in [0.29, 0.717) is 10.6 Å². The fourth-order valence-electron chi connectivity index (χ4n) is 2.03. The number of carbonyl (C=O) groups excluding carboxylic acids is 1. The number of morpholine rings is 1. The summed E-state index contributed by atoms with van der Waals surface area (Å²) in [5, 5.41) is 9.59. The van der Waals surface area contributed by atoms with Gasteiger partial charge in [0.1, 0.15) is 6.61 Å². The van der Waals surface area contributed by atoms with E-state index in [9.17, 15) is 14.7 Å². The molecule has 1 amide bonds. The molecule has 1 aromatic rings. The van der Waals surface area contributed by atoms with Crippen molar-refractivity contribution in [3.8, 4) is 0 Å². The minimum Gasteiger partial charge on any atom is -0.479 e. The molecule has 0 spiro atoms. The van der Waals surface area contributed by atoms with Gasteiger partial charge in [0.2, 0.25) is 5.91 Å². The zero-order chi connectivity index (χ0) is 14.2. The summed E-state index contributed by atoms with van der Waals surface area (Å²) in [6.07, 6.45) is -1.12. The van der Waals surface area contributed by atoms with E-state index in [0.717, 1.165) is 4.47 Å². The topological polar surface area (TPSA) is 66.8 Å². The number of carboxylic acids is 1. The van der Waals surface area contributed by atoms with Gasteiger partial charge in [0.25, 0.3) is 0 Å². The molecule has 19 heavy (non-hydrogen) atoms. The van der Waals surface area contributed by atoms with E-state index < -0.39 is 18.1 Å². The second kappa shape index (κ2) is 5.48. The van der Waals surface area contributed by atoms with Crippen molar-refractivity contribution < 1.29 is 19.4 Å². The molecule has 0 saturated carbocycles. The Morgan fingerprint density at radius 1 is 1.58 bits per heavy atom. The molecular weight excluding hydrogens is 337 g/mol. The van der Waals surface area contributed by atoms with Crippen molar-refractivity contribution in [1.29, 1.82) is 0 Å². The first-order valence-electron chi connectivity index (χ1n) is 5.47. The summed E-state index contributed by atoms with van der Waals surface area (Å²) in [4.78, 5) is 24.3. The van der Waals surface area contributed by atoms with Gasteiger partial charge >= 0.3 is 5.97 Å². The van der Waals surface area contributed by atoms with Crippen LogP contribution in [0.25, 0.3) is 0 Å². The first-order valence-corrected chi connectivity index (χ1v) is 6.64. The SMILES string of the molecule is CN1C(=O)COC(C(=O)O)C1c1ccc(Br)cc1Cl. The molecule has 1 fully saturated rings. The van der Waals surface area contributed by atoms with Crippen LogP contribution in [0.4, 0.5) is 0 Å². The van der Waals surface area contributed by atoms with Crippen molar-refractivity contribution in [3.63, 3.8) is 0 Å². The predicted molar refractivity (Wildman–Crippen MR) is 72.0 cm³/mol. The lowest BCUT2D eigenvalue weighted by molar-refractivity contribution is -0.171. The van der Waals surface area contributed by atoms with Crippen LogP contribution < -0.4 is 0 Å². The summed E-state index contributed by atoms with van der Waals surface area (Å²) in [6, 6.07) is 4.35. The largest absolute Gasteiger partial charge is 0.479 e. The highest BCUT2D eigenvalue weighted by molar-refractivity contribution is 9.10. The van der Waals surface area contributed by atoms with Gasteiger partial charge < -0.3 is 14.7 Å². The molecule has 1 N–H and O–H groups in total. The van der Waals surface area contributed by atoms with E-state index >= 15 is 0 Å². The highest BCUT2D eigenvalue weighted by Gasteiger charge is 2.40. The molecule has 0 bridgehead atoms. The zero-order valence-electron chi connectivity index (χ0n) is 9.97. The molecular formula is C12H11BrClNO4. The van der Waals surface area contributed by atoms with Crippen LogP contribution in [0.5, 0.6) is 0 Å². The fourth-order valence-corrected chi connectivity index (χ4v) is 2.82. The van der Waals surface area contributed by atoms with Crippen LogP contribution in [0.3, 0.4) is 0 Å². The maximum Gasteiger partial charge on any atom is 0.335 e. The molecule has 2 unspecified atom stereocenters. The second-order valence-corrected chi connectivity index (χ2v) is 5.51. The highest BCUT2D eigenvalue weighted by Crippen LogP contribution is 2.34. The molecule has 0 radical (unpaired) electrons. The summed E-state index contributed by atoms with van der Waals surface area (Å²) >= 11 is 9.41. The molecule has 1 aliphatic heterocycles. The Kier molecular flexibility index (Phi) is 4.13. The van der Waals surface area contributed by atoms with E-state index in [1.807, 2.05) is 0 Å². The Hall–Kier alpha value is -1.11. The molecule has 2 rings (SSSR count). The highest BCUT2D eigenvalue weighted by atomic mass is 79.9. The van der Waals surface area contributed by atoms with Gasteiger partial charge in [0, 0.05) is 16.5 Å². The van der Waals surface area contributed by atoms with E-state index in [2.05, 4.69) is 15.9 Å². The van der Waals surface area contributed by atoms with Crippen molar-refractivity contribution >= 4 is 39.4 Å². The van der Waals surface area contributed by atoms with E-state index in [-0.39, 0.29) is 12.5 Å². The Morgan fingerprint density at radius 3 is 2.84 bits per heavy atom. The summed E-state index contributed by atoms with van der Waals surface area (Å²) in [5.41, 5.74) is 0.549. The van der Waals surface area contributed by atoms with Crippen molar-refractivity contribution in [2.75, 3.05) is 13.7 Å². The molecule has 1 heterocycles. The molecule has 0 aliphatic carbocycles. The molecule has 1 aliphatic rings. The smallest absolute Gasteiger partial charge is 0.335 e. The van der Waals surface area contributed by atoms with E-state index in [4.69, 9.17) is 16.3 Å². The number of nitrogens with zero attached hydrogens (tertiary/aromatic N) is 1. The lowest BCUT2D eigenvalue weighted by Gasteiger charge is -2.37. The standard InChI is InChI=1S/C12H11BrClNO4/c1-15-9(16)5-19-11(12(17)18)10(15)7-3-2-6(13)4-8(7)14/h2-4,10-11H,5H2,1H3,(H,17,18). The molecule has 0 aromatic heterocycles. The third kappa shape index (κ3) is 2.75. The number of ether oxygens (including phenoxy) is 1. The molecule has 1 saturated heterocycles. The number of benzene rings is 1. The number of hydrogen-bond donors (Lipinski definition) is 1. The minimum absolute atomic E-state index is 0.238. The third-order valence-electron chi connectivity index (χ3n) is 3.01. The fraction of sp³-hybridized carbons (Fsp3) is 0.333. The monoisotopic (exact) mass is 347 g/mol. The van der Waals surface area contributed by atoms with Crippen LogP contribution in [0.15, 0.2) is 22.7 Å². The van der Waals surface area contributed by atoms with Gasteiger partial charge in [-0.15, -0.1) is 0 Å². The van der Waals surface area contributed by atoms with Crippen molar-refractivity contribution in [2.24, 2.45) is 0 Å². The van der Waals surface area contributed by atoms with E-state index in [1.54, 1.807) is 25.2 Å². The number of likely N-dealkylation sites (N-methyl/N-ethyl adjacent to an activating group) is 1. The van der Waals surface area contributed by atoms with Gasteiger partial charge in [-0.1, -0.05) is 33.6 Å². The Bertz CT molecular complexity index is 536. The first-order chi connectivity index (χ1) is 8.91. The Labute approximate surface area is 123 Å². The Morgan fingerprint density at radius 2 is 2.26 bits per heavy atom. The van der Waals surface area contributed by atoms with Crippen molar-refractivity contribution in [3.05, 3.63) is 33.3 Å². The van der Waals surface area contributed by atoms with Crippen LogP contribution >= 0.6 is 27.5 Å². The van der Waals surface area contributed by atoms with Gasteiger partial charge in [-0.3, -0.25) is 4.79 Å². The van der Waals surface area contributed by atoms with Gasteiger partial charge in [-0.2, -0.15) is 0 Å². The lowest BCUT2D eigenvalue weighted by atomic mass is 9.98. The number of hydrogen-bond acceptors (Lipinski definition) is 3. The molecule has 102 valence electrons. The number of amides is 1. The number of carboxylic acid groups (broad SMARTS) is 1. The van der Waals surface area contributed by atoms with Crippen LogP contribution in [-0.4, -0.2) is 41.6 Å². The molecule has 2 atom stereocenters. The van der Waals surface area contributed by atoms with Gasteiger partial charge in [0.15, 0.2) is 6.10 Å². The normalized spacial score (nSPS) is 23.5. The number of rotatable bonds is 2. The molecule has 7 heteroatoms. The van der Waals surface area contributed by atoms with Gasteiger partial charge in [0.05, 0.1) is 6.04 Å². The van der Waals surface area contributed by atoms with Gasteiger partial charge in [-0.25, -0.2) is 4.79 Å². The summed E-state index contributed by atoms with van der Waals surface area (Å²) < 4.78 is 5.89. The van der Waals surface area contributed by atoms with Gasteiger partial charge in [-0.05, 0) is 17.7 Å². The van der Waals surface area contributed by atoms with Crippen LogP contribution in [0.1, 0.15) is 11.6 Å². The number of carbonyl (C=O) groups is 2. The Balaban J connectivity index is 2.46. The summed E-state index contributed by atoms with van der Waals surface area (Å²) in [5.74, 6) is -1.40. The zero-order valence-corrected chi connectivity index (χ0v) is 12.3. The van der Waals surface area contributed by atoms with Crippen LogP contribution in [-0.2, 0) is 14.3 Å². The van der Waals surface area contributed by atoms with Crippen LogP contribution in [0.2, 0.25) is 5.02 Å². The third-order valence-corrected chi connectivity index (χ3v) is 3.83. The second-order valence-electron chi connectivity index (χ2n) is 4.19. The number of halogens is 2. The molecule has 1 aromatic carbocycles. The average Bonchev–Trinajstić information content (AvgIpc) is 2.33. The lowest BCUT2D eigenvalue weighted by Crippen LogP contribution is -2.50. The average molecular weight is 349 g/mol. The summed E-state index contributed by atoms with van der Waals surface area (Å²) in [6.45, 7) is -0.238. The first kappa shape index (κ1) is 14.3.